The van der Waals surface area contributed by atoms with Crippen LogP contribution in [0.5, 0.6) is 0 Å². The van der Waals surface area contributed by atoms with Crippen LogP contribution in [0.2, 0.25) is 0 Å². The van der Waals surface area contributed by atoms with Crippen molar-refractivity contribution < 1.29 is 28.2 Å². The van der Waals surface area contributed by atoms with Gasteiger partial charge in [-0.1, -0.05) is 43.2 Å². The van der Waals surface area contributed by atoms with Gasteiger partial charge >= 0.3 is 12.1 Å². The number of nitrogen functional groups attached to an aromatic ring is 1. The molecule has 1 aliphatic rings. The molecule has 8 heteroatoms. The van der Waals surface area contributed by atoms with Gasteiger partial charge in [0.25, 0.3) is 0 Å². The summed E-state index contributed by atoms with van der Waals surface area (Å²) in [5.41, 5.74) is 3.03. The van der Waals surface area contributed by atoms with Gasteiger partial charge < -0.3 is 15.6 Å². The molecule has 0 aromatic heterocycles. The molecule has 2 aromatic rings. The van der Waals surface area contributed by atoms with E-state index in [-0.39, 0.29) is 24.4 Å². The van der Waals surface area contributed by atoms with E-state index in [1.165, 1.54) is 0 Å². The fraction of sp³-hybridized carbons (Fsp3) is 0.462. The zero-order valence-electron chi connectivity index (χ0n) is 19.8. The summed E-state index contributed by atoms with van der Waals surface area (Å²) >= 11 is 0. The number of carbonyl (C=O) groups is 2. The summed E-state index contributed by atoms with van der Waals surface area (Å²) in [6.07, 6.45) is 2.08. The molecule has 1 aliphatic carbocycles. The van der Waals surface area contributed by atoms with Crippen molar-refractivity contribution in [2.75, 3.05) is 5.73 Å². The molecule has 3 N–H and O–H groups in total. The van der Waals surface area contributed by atoms with Gasteiger partial charge in [0.1, 0.15) is 22.9 Å². The quantitative estimate of drug-likeness (QED) is 0.514. The Morgan fingerprint density at radius 3 is 2.12 bits per heavy atom. The van der Waals surface area contributed by atoms with E-state index in [1.807, 2.05) is 18.2 Å². The molecule has 1 atom stereocenters. The number of carbonyl (C=O) groups excluding carboxylic acids is 1. The number of amides is 1. The van der Waals surface area contributed by atoms with Gasteiger partial charge in [-0.05, 0) is 62.8 Å². The van der Waals surface area contributed by atoms with Crippen LogP contribution in [0.15, 0.2) is 42.5 Å². The number of nitrogens with zero attached hydrogens (tertiary/aromatic N) is 1. The molecule has 0 spiro atoms. The van der Waals surface area contributed by atoms with Crippen LogP contribution in [0.3, 0.4) is 0 Å². The molecule has 1 amide bonds. The first-order valence-electron chi connectivity index (χ1n) is 11.5. The second-order valence-electron chi connectivity index (χ2n) is 9.91. The summed E-state index contributed by atoms with van der Waals surface area (Å²) in [5.74, 6) is -3.47. The minimum absolute atomic E-state index is 0.0347. The first-order chi connectivity index (χ1) is 15.9. The van der Waals surface area contributed by atoms with Gasteiger partial charge in [0, 0.05) is 6.42 Å². The number of halogens is 2. The number of hydrogen-bond acceptors (Lipinski definition) is 4. The van der Waals surface area contributed by atoms with E-state index in [1.54, 1.807) is 32.9 Å². The van der Waals surface area contributed by atoms with Crippen LogP contribution in [0.4, 0.5) is 19.3 Å². The molecule has 184 valence electrons. The van der Waals surface area contributed by atoms with Crippen molar-refractivity contribution in [1.82, 2.24) is 4.90 Å². The van der Waals surface area contributed by atoms with E-state index < -0.39 is 40.5 Å². The number of hydrogen-bond donors (Lipinski definition) is 2. The van der Waals surface area contributed by atoms with Crippen molar-refractivity contribution in [2.45, 2.75) is 70.6 Å². The van der Waals surface area contributed by atoms with E-state index in [0.717, 1.165) is 35.4 Å². The first kappa shape index (κ1) is 25.5. The second-order valence-corrected chi connectivity index (χ2v) is 9.91. The highest BCUT2D eigenvalue weighted by molar-refractivity contribution is 5.85. The van der Waals surface area contributed by atoms with Crippen molar-refractivity contribution in [3.05, 3.63) is 65.2 Å². The third kappa shape index (κ3) is 5.48. The number of aliphatic carboxylic acids is 1. The van der Waals surface area contributed by atoms with Gasteiger partial charge in [-0.3, -0.25) is 4.90 Å². The molecule has 6 nitrogen and oxygen atoms in total. The van der Waals surface area contributed by atoms with Crippen molar-refractivity contribution in [1.29, 1.82) is 0 Å². The molecule has 0 radical (unpaired) electrons. The number of nitrogens with two attached hydrogens (primary N) is 1. The molecule has 3 rings (SSSR count). The maximum absolute atomic E-state index is 14.2. The lowest BCUT2D eigenvalue weighted by atomic mass is 9.76. The average molecular weight is 475 g/mol. The van der Waals surface area contributed by atoms with Crippen LogP contribution in [0.1, 0.15) is 57.6 Å². The van der Waals surface area contributed by atoms with Gasteiger partial charge in [0.05, 0.1) is 6.54 Å². The summed E-state index contributed by atoms with van der Waals surface area (Å²) in [6, 6.07) is 11.1. The summed E-state index contributed by atoms with van der Waals surface area (Å²) in [6.45, 7) is 4.70. The van der Waals surface area contributed by atoms with Gasteiger partial charge in [-0.15, -0.1) is 0 Å². The predicted octanol–water partition coefficient (Wildman–Crippen LogP) is 5.54. The van der Waals surface area contributed by atoms with Gasteiger partial charge in [0.15, 0.2) is 5.54 Å². The highest BCUT2D eigenvalue weighted by Gasteiger charge is 2.54. The van der Waals surface area contributed by atoms with Gasteiger partial charge in [-0.25, -0.2) is 18.4 Å². The van der Waals surface area contributed by atoms with Crippen molar-refractivity contribution in [2.24, 2.45) is 5.92 Å². The van der Waals surface area contributed by atoms with Crippen LogP contribution >= 0.6 is 0 Å². The van der Waals surface area contributed by atoms with E-state index in [9.17, 15) is 23.5 Å². The van der Waals surface area contributed by atoms with Crippen LogP contribution in [0.25, 0.3) is 0 Å². The fourth-order valence-corrected chi connectivity index (χ4v) is 4.73. The third-order valence-electron chi connectivity index (χ3n) is 6.29. The topological polar surface area (TPSA) is 92.9 Å². The lowest BCUT2D eigenvalue weighted by Gasteiger charge is -2.45. The number of ether oxygens (including phenoxy) is 1. The standard InChI is InChI=1S/C26H32F2N2O4/c1-25(2,3)34-24(33)30(16-18-13-20(27)22(29)21(28)14-18)26(23(31)32,19-11-7-8-12-19)15-17-9-5-4-6-10-17/h4-6,9-10,13-14,19H,7-8,11-12,15-16,29H2,1-3H3,(H,31,32)/t26-/m0/s1. The Kier molecular flexibility index (Phi) is 7.48. The number of anilines is 1. The predicted molar refractivity (Wildman–Crippen MR) is 125 cm³/mol. The molecule has 0 bridgehead atoms. The van der Waals surface area contributed by atoms with E-state index >= 15 is 0 Å². The molecule has 1 saturated carbocycles. The summed E-state index contributed by atoms with van der Waals surface area (Å²) in [5, 5.41) is 10.7. The van der Waals surface area contributed by atoms with Crippen LogP contribution in [0, 0.1) is 17.6 Å². The Balaban J connectivity index is 2.17. The Hall–Kier alpha value is -3.16. The van der Waals surface area contributed by atoms with E-state index in [0.29, 0.717) is 12.8 Å². The van der Waals surface area contributed by atoms with E-state index in [4.69, 9.17) is 10.5 Å². The molecular formula is C26H32F2N2O4. The molecule has 34 heavy (non-hydrogen) atoms. The number of carboxylic acid groups (broad SMARTS) is 1. The molecule has 0 saturated heterocycles. The Morgan fingerprint density at radius 1 is 1.06 bits per heavy atom. The Labute approximate surface area is 198 Å². The highest BCUT2D eigenvalue weighted by atomic mass is 19.1. The molecular weight excluding hydrogens is 442 g/mol. The lowest BCUT2D eigenvalue weighted by molar-refractivity contribution is -0.156. The number of benzene rings is 2. The largest absolute Gasteiger partial charge is 0.479 e. The zero-order chi connectivity index (χ0) is 25.1. The molecule has 0 aliphatic heterocycles. The third-order valence-corrected chi connectivity index (χ3v) is 6.29. The summed E-state index contributed by atoms with van der Waals surface area (Å²) in [4.78, 5) is 27.8. The van der Waals surface area contributed by atoms with Crippen molar-refractivity contribution in [3.8, 4) is 0 Å². The minimum Gasteiger partial charge on any atom is -0.479 e. The SMILES string of the molecule is CC(C)(C)OC(=O)N(Cc1cc(F)c(N)c(F)c1)[C@](Cc1ccccc1)(C(=O)O)C1CCCC1. The van der Waals surface area contributed by atoms with Crippen LogP contribution < -0.4 is 5.73 Å². The lowest BCUT2D eigenvalue weighted by Crippen LogP contribution is -2.62. The smallest absolute Gasteiger partial charge is 0.411 e. The summed E-state index contributed by atoms with van der Waals surface area (Å²) in [7, 11) is 0. The zero-order valence-corrected chi connectivity index (χ0v) is 19.8. The second kappa shape index (κ2) is 9.99. The number of carboxylic acids is 1. The highest BCUT2D eigenvalue weighted by Crippen LogP contribution is 2.42. The maximum Gasteiger partial charge on any atom is 0.411 e. The first-order valence-corrected chi connectivity index (χ1v) is 11.5. The van der Waals surface area contributed by atoms with Gasteiger partial charge in [-0.2, -0.15) is 0 Å². The number of rotatable bonds is 7. The Morgan fingerprint density at radius 2 is 1.62 bits per heavy atom. The average Bonchev–Trinajstić information content (AvgIpc) is 3.29. The monoisotopic (exact) mass is 474 g/mol. The summed E-state index contributed by atoms with van der Waals surface area (Å²) < 4.78 is 34.1. The molecule has 1 fully saturated rings. The van der Waals surface area contributed by atoms with Crippen molar-refractivity contribution >= 4 is 17.7 Å². The maximum atomic E-state index is 14.2. The van der Waals surface area contributed by atoms with Crippen LogP contribution in [-0.2, 0) is 22.5 Å². The van der Waals surface area contributed by atoms with Crippen molar-refractivity contribution in [3.63, 3.8) is 0 Å². The Bertz CT molecular complexity index is 1010. The molecule has 2 aromatic carbocycles. The fourth-order valence-electron chi connectivity index (χ4n) is 4.73. The van der Waals surface area contributed by atoms with E-state index in [2.05, 4.69) is 0 Å². The van der Waals surface area contributed by atoms with Gasteiger partial charge in [0.2, 0.25) is 0 Å². The molecule has 0 unspecified atom stereocenters. The normalized spacial score (nSPS) is 16.1. The van der Waals surface area contributed by atoms with Crippen LogP contribution in [-0.4, -0.2) is 33.2 Å². The minimum atomic E-state index is -1.67. The molecule has 0 heterocycles.